The molecule has 0 amide bonds. The van der Waals surface area contributed by atoms with E-state index in [1.165, 1.54) is 18.2 Å². The number of ether oxygens (including phenoxy) is 1. The largest absolute Gasteiger partial charge is 0.454 e. The molecule has 0 saturated carbocycles. The first-order valence-electron chi connectivity index (χ1n) is 4.97. The Morgan fingerprint density at radius 3 is 2.56 bits per heavy atom. The minimum Gasteiger partial charge on any atom is -0.454 e. The van der Waals surface area contributed by atoms with E-state index in [0.29, 0.717) is 0 Å². The number of hydrogen-bond donors (Lipinski definition) is 1. The maximum atomic E-state index is 13.2. The lowest BCUT2D eigenvalue weighted by molar-refractivity contribution is -0.316. The Kier molecular flexibility index (Phi) is 2.81. The monoisotopic (exact) mass is 264 g/mol. The fourth-order valence-corrected chi connectivity index (χ4v) is 1.67. The molecule has 1 heterocycles. The molecule has 1 aromatic carbocycles. The first-order valence-corrected chi connectivity index (χ1v) is 4.97. The Morgan fingerprint density at radius 2 is 1.94 bits per heavy atom. The Morgan fingerprint density at radius 1 is 1.33 bits per heavy atom. The number of halogens is 4. The molecule has 0 radical (unpaired) electrons. The molecule has 7 heteroatoms. The molecule has 0 saturated heterocycles. The van der Waals surface area contributed by atoms with Gasteiger partial charge in [0.25, 0.3) is 5.79 Å². The van der Waals surface area contributed by atoms with Gasteiger partial charge in [-0.05, 0) is 12.1 Å². The second-order valence-corrected chi connectivity index (χ2v) is 3.91. The van der Waals surface area contributed by atoms with Crippen molar-refractivity contribution < 1.29 is 32.2 Å². The zero-order valence-electron chi connectivity index (χ0n) is 8.87. The third-order valence-electron chi connectivity index (χ3n) is 2.66. The maximum Gasteiger partial charge on any atom is 0.371 e. The first kappa shape index (κ1) is 12.8. The van der Waals surface area contributed by atoms with Crippen LogP contribution in [0.2, 0.25) is 0 Å². The van der Waals surface area contributed by atoms with Gasteiger partial charge in [0.05, 0.1) is 12.0 Å². The van der Waals surface area contributed by atoms with Gasteiger partial charge in [-0.2, -0.15) is 8.78 Å². The van der Waals surface area contributed by atoms with Crippen molar-refractivity contribution in [3.05, 3.63) is 29.8 Å². The molecule has 18 heavy (non-hydrogen) atoms. The quantitative estimate of drug-likeness (QED) is 0.833. The van der Waals surface area contributed by atoms with Crippen molar-refractivity contribution in [1.82, 2.24) is 0 Å². The third-order valence-corrected chi connectivity index (χ3v) is 2.66. The zero-order valence-corrected chi connectivity index (χ0v) is 8.87. The Balaban J connectivity index is 2.44. The molecule has 0 aromatic heterocycles. The maximum absolute atomic E-state index is 13.2. The molecule has 0 bridgehead atoms. The van der Waals surface area contributed by atoms with E-state index in [4.69, 9.17) is 0 Å². The van der Waals surface area contributed by atoms with Gasteiger partial charge < -0.3 is 9.84 Å². The average Bonchev–Trinajstić information content (AvgIpc) is 2.28. The van der Waals surface area contributed by atoms with Crippen LogP contribution in [0.15, 0.2) is 24.3 Å². The summed E-state index contributed by atoms with van der Waals surface area (Å²) < 4.78 is 55.4. The molecule has 0 fully saturated rings. The summed E-state index contributed by atoms with van der Waals surface area (Å²) >= 11 is 0. The fourth-order valence-electron chi connectivity index (χ4n) is 1.67. The number of fused-ring (bicyclic) bond motifs is 1. The van der Waals surface area contributed by atoms with Crippen molar-refractivity contribution >= 4 is 5.78 Å². The second kappa shape index (κ2) is 3.94. The summed E-state index contributed by atoms with van der Waals surface area (Å²) in [7, 11) is 0. The number of Topliss-reactive ketones (excluding diaryl/α,β-unsaturated/α-hetero) is 1. The molecule has 1 aliphatic rings. The minimum atomic E-state index is -4.84. The summed E-state index contributed by atoms with van der Waals surface area (Å²) in [5.74, 6) is -9.57. The zero-order chi connectivity index (χ0) is 13.6. The van der Waals surface area contributed by atoms with Gasteiger partial charge in [0.15, 0.2) is 5.78 Å². The SMILES string of the molecule is O=C1CC(O)(C(F)(F)C(F)F)Oc2ccccc21. The molecule has 1 unspecified atom stereocenters. The fraction of sp³-hybridized carbons (Fsp3) is 0.364. The number of hydrogen-bond acceptors (Lipinski definition) is 3. The number of para-hydroxylation sites is 1. The standard InChI is InChI=1S/C11H8F4O3/c12-9(13)11(14,15)10(17)5-7(16)6-3-1-2-4-8(6)18-10/h1-4,9,17H,5H2. The highest BCUT2D eigenvalue weighted by atomic mass is 19.3. The summed E-state index contributed by atoms with van der Waals surface area (Å²) in [6, 6.07) is 5.30. The van der Waals surface area contributed by atoms with Gasteiger partial charge in [0, 0.05) is 0 Å². The Bertz CT molecular complexity index is 489. The molecular formula is C11H8F4O3. The van der Waals surface area contributed by atoms with Crippen molar-refractivity contribution in [3.8, 4) is 5.75 Å². The van der Waals surface area contributed by atoms with Gasteiger partial charge >= 0.3 is 12.3 Å². The normalized spacial score (nSPS) is 23.8. The van der Waals surface area contributed by atoms with Crippen LogP contribution < -0.4 is 4.74 Å². The highest BCUT2D eigenvalue weighted by Gasteiger charge is 2.64. The van der Waals surface area contributed by atoms with Crippen LogP contribution in [0, 0.1) is 0 Å². The predicted molar refractivity (Wildman–Crippen MR) is 51.9 cm³/mol. The number of ketones is 1. The lowest BCUT2D eigenvalue weighted by Crippen LogP contribution is -2.59. The summed E-state index contributed by atoms with van der Waals surface area (Å²) in [5.41, 5.74) is -0.0211. The summed E-state index contributed by atoms with van der Waals surface area (Å²) in [6.07, 6.45) is -5.36. The Hall–Kier alpha value is -1.63. The summed E-state index contributed by atoms with van der Waals surface area (Å²) in [4.78, 5) is 11.6. The van der Waals surface area contributed by atoms with Crippen molar-refractivity contribution in [1.29, 1.82) is 0 Å². The van der Waals surface area contributed by atoms with Crippen LogP contribution in [0.1, 0.15) is 16.8 Å². The molecule has 3 nitrogen and oxygen atoms in total. The van der Waals surface area contributed by atoms with Crippen LogP contribution in [0.4, 0.5) is 17.6 Å². The van der Waals surface area contributed by atoms with Gasteiger partial charge in [-0.3, -0.25) is 4.79 Å². The number of alkyl halides is 4. The van der Waals surface area contributed by atoms with Gasteiger partial charge in [-0.25, -0.2) is 8.78 Å². The first-order chi connectivity index (χ1) is 8.28. The van der Waals surface area contributed by atoms with Crippen LogP contribution in [-0.2, 0) is 0 Å². The minimum absolute atomic E-state index is 0.0211. The van der Waals surface area contributed by atoms with Crippen molar-refractivity contribution in [3.63, 3.8) is 0 Å². The smallest absolute Gasteiger partial charge is 0.371 e. The van der Waals surface area contributed by atoms with E-state index in [2.05, 4.69) is 4.74 Å². The van der Waals surface area contributed by atoms with Crippen LogP contribution in [0.3, 0.4) is 0 Å². The molecule has 1 atom stereocenters. The number of carbonyl (C=O) groups is 1. The molecule has 98 valence electrons. The van der Waals surface area contributed by atoms with Crippen molar-refractivity contribution in [2.75, 3.05) is 0 Å². The molecule has 1 N–H and O–H groups in total. The van der Waals surface area contributed by atoms with E-state index < -0.39 is 30.3 Å². The molecule has 0 aliphatic carbocycles. The van der Waals surface area contributed by atoms with Crippen LogP contribution in [0.25, 0.3) is 0 Å². The number of carbonyl (C=O) groups excluding carboxylic acids is 1. The molecule has 1 aliphatic heterocycles. The van der Waals surface area contributed by atoms with E-state index in [1.807, 2.05) is 0 Å². The van der Waals surface area contributed by atoms with Crippen molar-refractivity contribution in [2.24, 2.45) is 0 Å². The average molecular weight is 264 g/mol. The predicted octanol–water partition coefficient (Wildman–Crippen LogP) is 2.24. The molecular weight excluding hydrogens is 256 g/mol. The molecule has 2 rings (SSSR count). The van der Waals surface area contributed by atoms with Gasteiger partial charge in [-0.1, -0.05) is 12.1 Å². The summed E-state index contributed by atoms with van der Waals surface area (Å²) in [6.45, 7) is 0. The second-order valence-electron chi connectivity index (χ2n) is 3.91. The molecule has 0 spiro atoms. The van der Waals surface area contributed by atoms with Gasteiger partial charge in [-0.15, -0.1) is 0 Å². The van der Waals surface area contributed by atoms with Crippen LogP contribution >= 0.6 is 0 Å². The molecule has 1 aromatic rings. The highest BCUT2D eigenvalue weighted by Crippen LogP contribution is 2.43. The summed E-state index contributed by atoms with van der Waals surface area (Å²) in [5, 5.41) is 9.51. The third kappa shape index (κ3) is 1.74. The number of benzene rings is 1. The number of aliphatic hydroxyl groups is 1. The van der Waals surface area contributed by atoms with Crippen LogP contribution in [0.5, 0.6) is 5.75 Å². The van der Waals surface area contributed by atoms with E-state index >= 15 is 0 Å². The lowest BCUT2D eigenvalue weighted by atomic mass is 9.94. The number of rotatable bonds is 2. The van der Waals surface area contributed by atoms with Crippen molar-refractivity contribution in [2.45, 2.75) is 24.6 Å². The van der Waals surface area contributed by atoms with E-state index in [9.17, 15) is 27.5 Å². The Labute approximate surface area is 99.0 Å². The highest BCUT2D eigenvalue weighted by molar-refractivity contribution is 6.00. The van der Waals surface area contributed by atoms with E-state index in [0.717, 1.165) is 6.07 Å². The van der Waals surface area contributed by atoms with Crippen LogP contribution in [-0.4, -0.2) is 29.0 Å². The van der Waals surface area contributed by atoms with Gasteiger partial charge in [0.2, 0.25) is 0 Å². The van der Waals surface area contributed by atoms with Gasteiger partial charge in [0.1, 0.15) is 5.75 Å². The van der Waals surface area contributed by atoms with E-state index in [-0.39, 0.29) is 11.3 Å². The lowest BCUT2D eigenvalue weighted by Gasteiger charge is -2.37. The van der Waals surface area contributed by atoms with E-state index in [1.54, 1.807) is 0 Å². The topological polar surface area (TPSA) is 46.5 Å².